The van der Waals surface area contributed by atoms with Crippen molar-refractivity contribution in [1.29, 1.82) is 0 Å². The summed E-state index contributed by atoms with van der Waals surface area (Å²) >= 11 is 0. The maximum atomic E-state index is 12.8. The summed E-state index contributed by atoms with van der Waals surface area (Å²) in [6.07, 6.45) is -0.0290. The molecule has 0 bridgehead atoms. The van der Waals surface area contributed by atoms with Crippen molar-refractivity contribution in [2.75, 3.05) is 6.54 Å². The van der Waals surface area contributed by atoms with Crippen molar-refractivity contribution in [3.63, 3.8) is 0 Å². The van der Waals surface area contributed by atoms with Crippen molar-refractivity contribution in [2.24, 2.45) is 0 Å². The summed E-state index contributed by atoms with van der Waals surface area (Å²) < 4.78 is 12.8. The molecule has 0 heterocycles. The molecule has 0 fully saturated rings. The first-order valence-electron chi connectivity index (χ1n) is 6.11. The van der Waals surface area contributed by atoms with Crippen LogP contribution in [0, 0.1) is 5.82 Å². The molecular formula is C14H18FNO3. The number of rotatable bonds is 7. The number of halogens is 1. The maximum Gasteiger partial charge on any atom is 0.304 e. The van der Waals surface area contributed by atoms with E-state index in [4.69, 9.17) is 5.11 Å². The Kier molecular flexibility index (Phi) is 5.63. The van der Waals surface area contributed by atoms with Gasteiger partial charge in [-0.2, -0.15) is 0 Å². The lowest BCUT2D eigenvalue weighted by Crippen LogP contribution is -2.38. The fourth-order valence-electron chi connectivity index (χ4n) is 1.73. The van der Waals surface area contributed by atoms with Crippen LogP contribution in [0.2, 0.25) is 0 Å². The highest BCUT2D eigenvalue weighted by atomic mass is 19.1. The van der Waals surface area contributed by atoms with Gasteiger partial charge in [-0.25, -0.2) is 4.39 Å². The van der Waals surface area contributed by atoms with Crippen LogP contribution in [-0.2, 0) is 16.1 Å². The second-order valence-corrected chi connectivity index (χ2v) is 4.53. The molecule has 0 amide bonds. The van der Waals surface area contributed by atoms with Crippen molar-refractivity contribution in [3.8, 4) is 0 Å². The Morgan fingerprint density at radius 2 is 1.89 bits per heavy atom. The van der Waals surface area contributed by atoms with Gasteiger partial charge in [-0.1, -0.05) is 12.1 Å². The molecule has 0 aliphatic carbocycles. The molecule has 1 aromatic carbocycles. The van der Waals surface area contributed by atoms with Crippen molar-refractivity contribution >= 4 is 11.8 Å². The highest BCUT2D eigenvalue weighted by Crippen LogP contribution is 2.11. The standard InChI is InChI=1S/C14H18FNO3/c1-10(11(2)17)16(8-7-14(18)19)9-12-3-5-13(15)6-4-12/h3-6,10H,7-9H2,1-2H3,(H,18,19). The fourth-order valence-corrected chi connectivity index (χ4v) is 1.73. The average molecular weight is 267 g/mol. The number of carboxylic acids is 1. The molecule has 5 heteroatoms. The van der Waals surface area contributed by atoms with Gasteiger partial charge in [0.2, 0.25) is 0 Å². The second-order valence-electron chi connectivity index (χ2n) is 4.53. The zero-order chi connectivity index (χ0) is 14.4. The summed E-state index contributed by atoms with van der Waals surface area (Å²) in [6.45, 7) is 3.93. The van der Waals surface area contributed by atoms with E-state index in [0.717, 1.165) is 5.56 Å². The van der Waals surface area contributed by atoms with Gasteiger partial charge in [-0.15, -0.1) is 0 Å². The fraction of sp³-hybridized carbons (Fsp3) is 0.429. The SMILES string of the molecule is CC(=O)C(C)N(CCC(=O)O)Cc1ccc(F)cc1. The Morgan fingerprint density at radius 3 is 2.37 bits per heavy atom. The first kappa shape index (κ1) is 15.3. The predicted molar refractivity (Wildman–Crippen MR) is 69.2 cm³/mol. The van der Waals surface area contributed by atoms with E-state index in [1.165, 1.54) is 19.1 Å². The van der Waals surface area contributed by atoms with E-state index in [2.05, 4.69) is 0 Å². The van der Waals surface area contributed by atoms with E-state index in [1.54, 1.807) is 24.0 Å². The Morgan fingerprint density at radius 1 is 1.32 bits per heavy atom. The number of carbonyl (C=O) groups is 2. The molecule has 1 aromatic rings. The predicted octanol–water partition coefficient (Wildman–Crippen LogP) is 2.08. The monoisotopic (exact) mass is 267 g/mol. The molecule has 1 atom stereocenters. The summed E-state index contributed by atoms with van der Waals surface area (Å²) in [6, 6.07) is 5.61. The van der Waals surface area contributed by atoms with Crippen LogP contribution in [0.4, 0.5) is 4.39 Å². The van der Waals surface area contributed by atoms with E-state index >= 15 is 0 Å². The van der Waals surface area contributed by atoms with Crippen molar-refractivity contribution in [1.82, 2.24) is 4.90 Å². The number of aliphatic carboxylic acids is 1. The van der Waals surface area contributed by atoms with Crippen LogP contribution in [0.1, 0.15) is 25.8 Å². The average Bonchev–Trinajstić information content (AvgIpc) is 2.35. The number of benzene rings is 1. The molecule has 0 radical (unpaired) electrons. The van der Waals surface area contributed by atoms with Gasteiger partial charge in [0.1, 0.15) is 11.6 Å². The normalized spacial score (nSPS) is 12.4. The quantitative estimate of drug-likeness (QED) is 0.821. The summed E-state index contributed by atoms with van der Waals surface area (Å²) in [5.41, 5.74) is 0.847. The number of hydrogen-bond donors (Lipinski definition) is 1. The third kappa shape index (κ3) is 5.18. The minimum Gasteiger partial charge on any atom is -0.481 e. The molecule has 0 aromatic heterocycles. The molecule has 0 saturated heterocycles. The van der Waals surface area contributed by atoms with Crippen LogP contribution in [0.25, 0.3) is 0 Å². The van der Waals surface area contributed by atoms with E-state index in [-0.39, 0.29) is 30.6 Å². The third-order valence-electron chi connectivity index (χ3n) is 3.05. The maximum absolute atomic E-state index is 12.8. The molecular weight excluding hydrogens is 249 g/mol. The lowest BCUT2D eigenvalue weighted by Gasteiger charge is -2.26. The van der Waals surface area contributed by atoms with Gasteiger partial charge in [0.25, 0.3) is 0 Å². The van der Waals surface area contributed by atoms with Crippen LogP contribution >= 0.6 is 0 Å². The number of hydrogen-bond acceptors (Lipinski definition) is 3. The van der Waals surface area contributed by atoms with Gasteiger partial charge in [0.05, 0.1) is 12.5 Å². The first-order chi connectivity index (χ1) is 8.90. The van der Waals surface area contributed by atoms with E-state index < -0.39 is 5.97 Å². The van der Waals surface area contributed by atoms with Gasteiger partial charge in [0, 0.05) is 13.1 Å². The Labute approximate surface area is 111 Å². The summed E-state index contributed by atoms with van der Waals surface area (Å²) in [5.74, 6) is -1.24. The number of Topliss-reactive ketones (excluding diaryl/α,β-unsaturated/α-hetero) is 1. The van der Waals surface area contributed by atoms with Crippen LogP contribution in [-0.4, -0.2) is 34.3 Å². The van der Waals surface area contributed by atoms with E-state index in [1.807, 2.05) is 0 Å². The van der Waals surface area contributed by atoms with Crippen LogP contribution in [0.5, 0.6) is 0 Å². The molecule has 0 spiro atoms. The third-order valence-corrected chi connectivity index (χ3v) is 3.05. The highest BCUT2D eigenvalue weighted by molar-refractivity contribution is 5.81. The lowest BCUT2D eigenvalue weighted by molar-refractivity contribution is -0.138. The topological polar surface area (TPSA) is 57.6 Å². The number of nitrogens with zero attached hydrogens (tertiary/aromatic N) is 1. The van der Waals surface area contributed by atoms with Gasteiger partial charge >= 0.3 is 5.97 Å². The lowest BCUT2D eigenvalue weighted by atomic mass is 10.1. The minimum absolute atomic E-state index is 0.0208. The van der Waals surface area contributed by atoms with Crippen LogP contribution in [0.15, 0.2) is 24.3 Å². The van der Waals surface area contributed by atoms with Gasteiger partial charge in [-0.05, 0) is 31.5 Å². The summed E-state index contributed by atoms with van der Waals surface area (Å²) in [4.78, 5) is 23.8. The van der Waals surface area contributed by atoms with Gasteiger partial charge < -0.3 is 5.11 Å². The van der Waals surface area contributed by atoms with Crippen LogP contribution in [0.3, 0.4) is 0 Å². The Hall–Kier alpha value is -1.75. The Bertz CT molecular complexity index is 445. The molecule has 4 nitrogen and oxygen atoms in total. The van der Waals surface area contributed by atoms with Gasteiger partial charge in [-0.3, -0.25) is 14.5 Å². The zero-order valence-corrected chi connectivity index (χ0v) is 11.1. The smallest absolute Gasteiger partial charge is 0.304 e. The van der Waals surface area contributed by atoms with Crippen molar-refractivity contribution < 1.29 is 19.1 Å². The van der Waals surface area contributed by atoms with Crippen molar-refractivity contribution in [2.45, 2.75) is 32.9 Å². The van der Waals surface area contributed by atoms with E-state index in [9.17, 15) is 14.0 Å². The summed E-state index contributed by atoms with van der Waals surface area (Å²) in [7, 11) is 0. The zero-order valence-electron chi connectivity index (χ0n) is 11.1. The molecule has 1 unspecified atom stereocenters. The second kappa shape index (κ2) is 6.99. The summed E-state index contributed by atoms with van der Waals surface area (Å²) in [5, 5.41) is 8.72. The van der Waals surface area contributed by atoms with Crippen molar-refractivity contribution in [3.05, 3.63) is 35.6 Å². The molecule has 1 rings (SSSR count). The number of carbonyl (C=O) groups excluding carboxylic acids is 1. The number of carboxylic acid groups (broad SMARTS) is 1. The molecule has 19 heavy (non-hydrogen) atoms. The largest absolute Gasteiger partial charge is 0.481 e. The molecule has 0 aliphatic heterocycles. The van der Waals surface area contributed by atoms with Gasteiger partial charge in [0.15, 0.2) is 0 Å². The van der Waals surface area contributed by atoms with E-state index in [0.29, 0.717) is 6.54 Å². The molecule has 0 saturated carbocycles. The molecule has 1 N–H and O–H groups in total. The Balaban J connectivity index is 2.75. The van der Waals surface area contributed by atoms with Crippen LogP contribution < -0.4 is 0 Å². The minimum atomic E-state index is -0.903. The molecule has 104 valence electrons. The number of ketones is 1. The first-order valence-corrected chi connectivity index (χ1v) is 6.11. The molecule has 0 aliphatic rings. The highest BCUT2D eigenvalue weighted by Gasteiger charge is 2.19.